The minimum atomic E-state index is -0.475. The molecule has 0 spiro atoms. The minimum Gasteiger partial charge on any atom is -0.494 e. The molecule has 150 valence electrons. The highest BCUT2D eigenvalue weighted by Crippen LogP contribution is 2.29. The van der Waals surface area contributed by atoms with Crippen LogP contribution in [0, 0.1) is 6.92 Å². The van der Waals surface area contributed by atoms with Crippen molar-refractivity contribution in [1.82, 2.24) is 20.2 Å². The summed E-state index contributed by atoms with van der Waals surface area (Å²) in [5.74, 6) is 0.346. The number of anilines is 1. The van der Waals surface area contributed by atoms with Crippen LogP contribution in [0.4, 0.5) is 5.69 Å². The third-order valence-electron chi connectivity index (χ3n) is 4.19. The maximum atomic E-state index is 12.6. The molecular formula is C20H21N5O3S. The van der Waals surface area contributed by atoms with Gasteiger partial charge in [-0.15, -0.1) is 5.10 Å². The summed E-state index contributed by atoms with van der Waals surface area (Å²) in [5, 5.41) is 14.7. The molecule has 1 amide bonds. The van der Waals surface area contributed by atoms with Gasteiger partial charge in [-0.2, -0.15) is 4.68 Å². The molecule has 1 N–H and O–H groups in total. The molecule has 0 aliphatic rings. The third-order valence-corrected chi connectivity index (χ3v) is 5.22. The molecule has 0 bridgehead atoms. The molecule has 0 aliphatic heterocycles. The van der Waals surface area contributed by atoms with Gasteiger partial charge in [0.2, 0.25) is 11.1 Å². The highest BCUT2D eigenvalue weighted by molar-refractivity contribution is 8.00. The SMILES string of the molecule is COc1ccc(C)cc1-n1nnnc1S[C@H](C)C(=O)Nc1cccc(C(C)=O)c1. The maximum Gasteiger partial charge on any atom is 0.237 e. The predicted octanol–water partition coefficient (Wildman–Crippen LogP) is 3.30. The lowest BCUT2D eigenvalue weighted by molar-refractivity contribution is -0.115. The van der Waals surface area contributed by atoms with Crippen molar-refractivity contribution >= 4 is 29.1 Å². The van der Waals surface area contributed by atoms with E-state index in [2.05, 4.69) is 20.8 Å². The number of benzene rings is 2. The smallest absolute Gasteiger partial charge is 0.237 e. The van der Waals surface area contributed by atoms with Crippen molar-refractivity contribution in [2.24, 2.45) is 0 Å². The highest BCUT2D eigenvalue weighted by atomic mass is 32.2. The van der Waals surface area contributed by atoms with E-state index in [1.807, 2.05) is 25.1 Å². The van der Waals surface area contributed by atoms with Gasteiger partial charge >= 0.3 is 0 Å². The number of nitrogens with zero attached hydrogens (tertiary/aromatic N) is 4. The average molecular weight is 411 g/mol. The van der Waals surface area contributed by atoms with Crippen molar-refractivity contribution in [3.05, 3.63) is 53.6 Å². The number of rotatable bonds is 7. The van der Waals surface area contributed by atoms with Crippen LogP contribution in [0.2, 0.25) is 0 Å². The van der Waals surface area contributed by atoms with E-state index in [4.69, 9.17) is 4.74 Å². The van der Waals surface area contributed by atoms with Crippen LogP contribution in [0.5, 0.6) is 5.75 Å². The third kappa shape index (κ3) is 4.80. The molecule has 0 unspecified atom stereocenters. The van der Waals surface area contributed by atoms with Crippen LogP contribution in [0.25, 0.3) is 5.69 Å². The molecule has 0 fully saturated rings. The van der Waals surface area contributed by atoms with Gasteiger partial charge < -0.3 is 10.1 Å². The van der Waals surface area contributed by atoms with Gasteiger partial charge in [-0.1, -0.05) is 30.0 Å². The van der Waals surface area contributed by atoms with Gasteiger partial charge in [0.1, 0.15) is 11.4 Å². The number of Topliss-reactive ketones (excluding diaryl/α,β-unsaturated/α-hetero) is 1. The number of tetrazole rings is 1. The van der Waals surface area contributed by atoms with Gasteiger partial charge in [-0.3, -0.25) is 9.59 Å². The Morgan fingerprint density at radius 1 is 1.21 bits per heavy atom. The zero-order chi connectivity index (χ0) is 21.0. The van der Waals surface area contributed by atoms with Gasteiger partial charge in [0, 0.05) is 11.3 Å². The van der Waals surface area contributed by atoms with E-state index < -0.39 is 5.25 Å². The fraction of sp³-hybridized carbons (Fsp3) is 0.250. The zero-order valence-electron chi connectivity index (χ0n) is 16.5. The summed E-state index contributed by atoms with van der Waals surface area (Å²) in [6.45, 7) is 5.21. The largest absolute Gasteiger partial charge is 0.494 e. The lowest BCUT2D eigenvalue weighted by Crippen LogP contribution is -2.23. The van der Waals surface area contributed by atoms with Crippen LogP contribution in [0.3, 0.4) is 0 Å². The molecule has 1 aromatic heterocycles. The Balaban J connectivity index is 1.77. The minimum absolute atomic E-state index is 0.0604. The molecule has 1 heterocycles. The summed E-state index contributed by atoms with van der Waals surface area (Å²) in [6, 6.07) is 12.5. The molecule has 1 atom stereocenters. The Bertz CT molecular complexity index is 1050. The second-order valence-corrected chi connectivity index (χ2v) is 7.74. The number of carbonyl (C=O) groups is 2. The summed E-state index contributed by atoms with van der Waals surface area (Å²) < 4.78 is 6.96. The zero-order valence-corrected chi connectivity index (χ0v) is 17.4. The number of ether oxygens (including phenoxy) is 1. The van der Waals surface area contributed by atoms with Crippen molar-refractivity contribution in [2.75, 3.05) is 12.4 Å². The fourth-order valence-corrected chi connectivity index (χ4v) is 3.44. The number of ketones is 1. The van der Waals surface area contributed by atoms with Gasteiger partial charge in [0.15, 0.2) is 5.78 Å². The Kier molecular flexibility index (Phi) is 6.28. The van der Waals surface area contributed by atoms with Crippen molar-refractivity contribution in [3.8, 4) is 11.4 Å². The summed E-state index contributed by atoms with van der Waals surface area (Å²) in [6.07, 6.45) is 0. The molecule has 8 nitrogen and oxygen atoms in total. The van der Waals surface area contributed by atoms with Gasteiger partial charge in [-0.05, 0) is 61.0 Å². The van der Waals surface area contributed by atoms with Gasteiger partial charge in [0.05, 0.1) is 12.4 Å². The second-order valence-electron chi connectivity index (χ2n) is 6.43. The van der Waals surface area contributed by atoms with Crippen molar-refractivity contribution < 1.29 is 14.3 Å². The molecule has 3 rings (SSSR count). The van der Waals surface area contributed by atoms with Crippen molar-refractivity contribution in [1.29, 1.82) is 0 Å². The fourth-order valence-electron chi connectivity index (χ4n) is 2.64. The molecule has 0 radical (unpaired) electrons. The number of amides is 1. The first-order valence-corrected chi connectivity index (χ1v) is 9.79. The van der Waals surface area contributed by atoms with E-state index >= 15 is 0 Å². The monoisotopic (exact) mass is 411 g/mol. The summed E-state index contributed by atoms with van der Waals surface area (Å²) in [4.78, 5) is 24.2. The molecular weight excluding hydrogens is 390 g/mol. The Hall–Kier alpha value is -3.20. The number of methoxy groups -OCH3 is 1. The second kappa shape index (κ2) is 8.87. The van der Waals surface area contributed by atoms with E-state index in [0.29, 0.717) is 27.8 Å². The van der Waals surface area contributed by atoms with E-state index in [0.717, 1.165) is 5.56 Å². The Morgan fingerprint density at radius 3 is 2.72 bits per heavy atom. The lowest BCUT2D eigenvalue weighted by Gasteiger charge is -2.13. The number of aryl methyl sites for hydroxylation is 1. The van der Waals surface area contributed by atoms with Crippen LogP contribution >= 0.6 is 11.8 Å². The molecule has 3 aromatic rings. The van der Waals surface area contributed by atoms with Crippen LogP contribution < -0.4 is 10.1 Å². The van der Waals surface area contributed by atoms with E-state index in [1.165, 1.54) is 18.7 Å². The first-order valence-electron chi connectivity index (χ1n) is 8.91. The van der Waals surface area contributed by atoms with Crippen LogP contribution in [-0.4, -0.2) is 44.3 Å². The van der Waals surface area contributed by atoms with E-state index in [9.17, 15) is 9.59 Å². The molecule has 0 saturated carbocycles. The number of carbonyl (C=O) groups excluding carboxylic acids is 2. The quantitative estimate of drug-likeness (QED) is 0.470. The average Bonchev–Trinajstić information content (AvgIpc) is 3.16. The van der Waals surface area contributed by atoms with Crippen LogP contribution in [0.1, 0.15) is 29.8 Å². The summed E-state index contributed by atoms with van der Waals surface area (Å²) >= 11 is 1.23. The van der Waals surface area contributed by atoms with E-state index in [1.54, 1.807) is 43.0 Å². The normalized spacial score (nSPS) is 11.7. The van der Waals surface area contributed by atoms with Crippen LogP contribution in [0.15, 0.2) is 47.6 Å². The number of hydrogen-bond acceptors (Lipinski definition) is 7. The van der Waals surface area contributed by atoms with Gasteiger partial charge in [0.25, 0.3) is 0 Å². The highest BCUT2D eigenvalue weighted by Gasteiger charge is 2.21. The number of hydrogen-bond donors (Lipinski definition) is 1. The first kappa shape index (κ1) is 20.5. The number of aromatic nitrogens is 4. The Labute approximate surface area is 172 Å². The standard InChI is InChI=1S/C20H21N5O3S/c1-12-8-9-18(28-4)17(10-12)25-20(22-23-24-25)29-14(3)19(27)21-16-7-5-6-15(11-16)13(2)26/h5-11,14H,1-4H3,(H,21,27)/t14-/m1/s1. The molecule has 29 heavy (non-hydrogen) atoms. The predicted molar refractivity (Wildman–Crippen MR) is 111 cm³/mol. The van der Waals surface area contributed by atoms with Crippen LogP contribution in [-0.2, 0) is 4.79 Å². The molecule has 2 aromatic carbocycles. The number of nitrogens with one attached hydrogen (secondary N) is 1. The first-order chi connectivity index (χ1) is 13.9. The van der Waals surface area contributed by atoms with Crippen molar-refractivity contribution in [3.63, 3.8) is 0 Å². The van der Waals surface area contributed by atoms with Crippen molar-refractivity contribution in [2.45, 2.75) is 31.2 Å². The molecule has 9 heteroatoms. The number of thioether (sulfide) groups is 1. The summed E-state index contributed by atoms with van der Waals surface area (Å²) in [7, 11) is 1.58. The summed E-state index contributed by atoms with van der Waals surface area (Å²) in [5.41, 5.74) is 2.83. The topological polar surface area (TPSA) is 99.0 Å². The molecule has 0 aliphatic carbocycles. The van der Waals surface area contributed by atoms with E-state index in [-0.39, 0.29) is 11.7 Å². The lowest BCUT2D eigenvalue weighted by atomic mass is 10.1. The van der Waals surface area contributed by atoms with Gasteiger partial charge in [-0.25, -0.2) is 0 Å². The molecule has 0 saturated heterocycles. The Morgan fingerprint density at radius 2 is 2.00 bits per heavy atom. The maximum absolute atomic E-state index is 12.6.